The third kappa shape index (κ3) is 45.1. The molecule has 27 nitrogen and oxygen atoms in total. The number of primary amides is 2. The van der Waals surface area contributed by atoms with E-state index in [1.807, 2.05) is 209 Å². The van der Waals surface area contributed by atoms with Gasteiger partial charge in [0.1, 0.15) is 23.1 Å². The van der Waals surface area contributed by atoms with Crippen LogP contribution >= 0.6 is 23.2 Å². The number of amides is 11. The number of rotatable bonds is 22. The average Bonchev–Trinajstić information content (AvgIpc) is 1.68. The van der Waals surface area contributed by atoms with E-state index in [1.165, 1.54) is 17.7 Å². The van der Waals surface area contributed by atoms with Crippen LogP contribution in [-0.2, 0) is 49.6 Å². The van der Waals surface area contributed by atoms with Gasteiger partial charge in [-0.05, 0) is 182 Å². The topological polar surface area (TPSA) is 425 Å². The molecule has 0 atom stereocenters. The Bertz CT molecular complexity index is 4850. The van der Waals surface area contributed by atoms with Gasteiger partial charge >= 0.3 is 0 Å². The van der Waals surface area contributed by atoms with Crippen molar-refractivity contribution in [2.24, 2.45) is 75.5 Å². The maximum absolute atomic E-state index is 11.5. The molecule has 676 valence electrons. The van der Waals surface area contributed by atoms with Gasteiger partial charge in [0.05, 0.1) is 19.9 Å². The Hall–Kier alpha value is -13.4. The summed E-state index contributed by atoms with van der Waals surface area (Å²) in [5.41, 5.74) is 26.5. The van der Waals surface area contributed by atoms with Crippen LogP contribution in [0.4, 0.5) is 56.9 Å². The molecule has 0 bridgehead atoms. The lowest BCUT2D eigenvalue weighted by Gasteiger charge is -2.08. The number of phenols is 1. The number of aromatic hydroxyl groups is 1. The zero-order chi connectivity index (χ0) is 95.0. The fourth-order valence-electron chi connectivity index (χ4n) is 8.99. The van der Waals surface area contributed by atoms with Crippen molar-refractivity contribution in [2.75, 3.05) is 62.1 Å². The van der Waals surface area contributed by atoms with E-state index < -0.39 is 11.8 Å². The van der Waals surface area contributed by atoms with Crippen molar-refractivity contribution in [3.05, 3.63) is 245 Å². The lowest BCUT2D eigenvalue weighted by molar-refractivity contribution is -0.119. The van der Waals surface area contributed by atoms with Gasteiger partial charge in [-0.3, -0.25) is 52.7 Å². The minimum absolute atomic E-state index is 0.00210. The van der Waals surface area contributed by atoms with E-state index in [0.29, 0.717) is 50.5 Å². The van der Waals surface area contributed by atoms with Gasteiger partial charge < -0.3 is 79.6 Å². The highest BCUT2D eigenvalue weighted by Crippen LogP contribution is 2.29. The number of hydrogen-bond donors (Lipinski definition) is 13. The predicted molar refractivity (Wildman–Crippen MR) is 511 cm³/mol. The van der Waals surface area contributed by atoms with Gasteiger partial charge in [0.25, 0.3) is 0 Å². The fourth-order valence-corrected chi connectivity index (χ4v) is 9.30. The molecule has 16 N–H and O–H groups in total. The molecule has 1 aliphatic heterocycles. The summed E-state index contributed by atoms with van der Waals surface area (Å²) in [6, 6.07) is 61.6. The Balaban J connectivity index is 0.000000480. The Morgan fingerprint density at radius 2 is 0.603 bits per heavy atom. The summed E-state index contributed by atoms with van der Waals surface area (Å²) in [6.07, 6.45) is 0.702. The van der Waals surface area contributed by atoms with Crippen LogP contribution in [0.25, 0.3) is 0 Å². The molecule has 0 unspecified atom stereocenters. The second-order valence-corrected chi connectivity index (χ2v) is 32.1. The Labute approximate surface area is 751 Å². The van der Waals surface area contributed by atoms with Gasteiger partial charge in [0, 0.05) is 138 Å². The molecule has 9 aromatic rings. The van der Waals surface area contributed by atoms with Crippen LogP contribution in [0.15, 0.2) is 217 Å². The maximum atomic E-state index is 11.5. The number of halogens is 2. The molecular formula is C97H125Cl2N13O14. The second kappa shape index (κ2) is 57.1. The van der Waals surface area contributed by atoms with E-state index in [9.17, 15) is 52.7 Å². The van der Waals surface area contributed by atoms with E-state index in [4.69, 9.17) is 55.0 Å². The highest BCUT2D eigenvalue weighted by Gasteiger charge is 2.17. The van der Waals surface area contributed by atoms with Gasteiger partial charge in [-0.15, -0.1) is 0 Å². The highest BCUT2D eigenvalue weighted by atomic mass is 35.5. The summed E-state index contributed by atoms with van der Waals surface area (Å²) in [5, 5.41) is 35.2. The largest absolute Gasteiger partial charge is 0.508 e. The monoisotopic (exact) mass is 1770 g/mol. The molecule has 0 spiro atoms. The van der Waals surface area contributed by atoms with Crippen LogP contribution in [0.3, 0.4) is 0 Å². The standard InChI is InChI=1S/C12H15N3O.2C11H14N2O2.2C11H15NO2.C11H15NO.2C10H12ClNO.C10H13NO2/c1-7(2)12(16)14-9-4-3-8-5-11(13)15-10(8)6-9;1-7(2)11(15)13-9-5-3-8(4-6-9)10(12)14;1-7(2)11(15)13-9-5-3-4-8(6-9)10(12)14;1-8(2)11(13)12-9-4-6-10(14-3)7-5-9;1-8(2)11(13)12-9-5-4-6-10(7-9)14-3;1-8(2)11(13)12-10-6-4-9(3)5-7-10;1-7(2)10(13)12-9-5-3-8(11)4-6-9;1-7(2)10(13)12-9-5-3-4-8(11)6-9;1-7(2)10(13)11-8-3-5-9(12)6-4-8/h3-4,6-7H,5H2,1-2H3,(H2,13,15)(H,14,16);2*3-7H,1-2H3,(H2,12,14)(H,13,15);2*4-8H,1-3H3,(H,12,13);4-8H,1-3H3,(H,12,13);2*3-7H,1-2H3,(H,12,13);3-7,12H,1-2H3,(H,11,13). The van der Waals surface area contributed by atoms with Crippen LogP contribution < -0.4 is 74.5 Å². The van der Waals surface area contributed by atoms with E-state index in [1.54, 1.807) is 137 Å². The van der Waals surface area contributed by atoms with Crippen LogP contribution in [0, 0.1) is 60.2 Å². The number of aliphatic imine (C=N–C) groups is 1. The number of amidine groups is 1. The maximum Gasteiger partial charge on any atom is 0.248 e. The number of methoxy groups -OCH3 is 2. The molecule has 0 saturated carbocycles. The number of carbonyl (C=O) groups excluding carboxylic acids is 11. The number of carbonyl (C=O) groups is 11. The van der Waals surface area contributed by atoms with Crippen molar-refractivity contribution >= 4 is 151 Å². The van der Waals surface area contributed by atoms with Crippen molar-refractivity contribution < 1.29 is 67.3 Å². The molecule has 0 fully saturated rings. The molecule has 29 heteroatoms. The number of ether oxygens (including phenoxy) is 2. The molecule has 0 aromatic heterocycles. The van der Waals surface area contributed by atoms with Gasteiger partial charge in [0.2, 0.25) is 65.0 Å². The van der Waals surface area contributed by atoms with Crippen molar-refractivity contribution in [1.82, 2.24) is 0 Å². The molecule has 0 saturated heterocycles. The number of aryl methyl sites for hydroxylation is 1. The van der Waals surface area contributed by atoms with Crippen molar-refractivity contribution in [3.63, 3.8) is 0 Å². The van der Waals surface area contributed by atoms with E-state index in [-0.39, 0.29) is 112 Å². The predicted octanol–water partition coefficient (Wildman–Crippen LogP) is 19.6. The van der Waals surface area contributed by atoms with Gasteiger partial charge in [0.15, 0.2) is 0 Å². The van der Waals surface area contributed by atoms with Crippen LogP contribution in [-0.4, -0.2) is 90.1 Å². The summed E-state index contributed by atoms with van der Waals surface area (Å²) >= 11 is 11.5. The van der Waals surface area contributed by atoms with Gasteiger partial charge in [-0.25, -0.2) is 4.99 Å². The van der Waals surface area contributed by atoms with Gasteiger partial charge in [-0.1, -0.05) is 190 Å². The fraction of sp³-hybridized carbons (Fsp3) is 0.320. The highest BCUT2D eigenvalue weighted by molar-refractivity contribution is 6.31. The molecule has 126 heavy (non-hydrogen) atoms. The zero-order valence-corrected chi connectivity index (χ0v) is 77.3. The molecule has 1 aliphatic rings. The van der Waals surface area contributed by atoms with Crippen molar-refractivity contribution in [1.29, 1.82) is 0 Å². The Morgan fingerprint density at radius 3 is 0.944 bits per heavy atom. The number of fused-ring (bicyclic) bond motifs is 1. The molecular weight excluding hydrogens is 1640 g/mol. The minimum atomic E-state index is -0.504. The first-order chi connectivity index (χ1) is 59.2. The van der Waals surface area contributed by atoms with E-state index >= 15 is 0 Å². The van der Waals surface area contributed by atoms with E-state index in [0.717, 1.165) is 56.9 Å². The molecule has 11 amide bonds. The summed E-state index contributed by atoms with van der Waals surface area (Å²) in [4.78, 5) is 128. The molecule has 0 radical (unpaired) electrons. The Kier molecular flexibility index (Phi) is 49.3. The third-order valence-electron chi connectivity index (χ3n) is 16.9. The van der Waals surface area contributed by atoms with Crippen LogP contribution in [0.1, 0.15) is 156 Å². The zero-order valence-electron chi connectivity index (χ0n) is 75.8. The first kappa shape index (κ1) is 109. The van der Waals surface area contributed by atoms with Crippen LogP contribution in [0.2, 0.25) is 10.0 Å². The number of phenolic OH excluding ortho intramolecular Hbond substituents is 1. The molecule has 1 heterocycles. The number of benzene rings is 9. The number of nitrogens with zero attached hydrogens (tertiary/aromatic N) is 1. The lowest BCUT2D eigenvalue weighted by atomic mass is 10.1. The quantitative estimate of drug-likeness (QED) is 0.0280. The first-order valence-electron chi connectivity index (χ1n) is 40.9. The number of hydrogen-bond acceptors (Lipinski definition) is 16. The summed E-state index contributed by atoms with van der Waals surface area (Å²) in [5.74, 6) is 1.10. The van der Waals surface area contributed by atoms with Crippen molar-refractivity contribution in [2.45, 2.75) is 138 Å². The average molecular weight is 1770 g/mol. The van der Waals surface area contributed by atoms with Crippen molar-refractivity contribution in [3.8, 4) is 17.2 Å². The summed E-state index contributed by atoms with van der Waals surface area (Å²) < 4.78 is 10.1. The SMILES string of the molecule is CC(C)C(=O)Nc1ccc(C(N)=O)cc1.CC(C)C(=O)Nc1ccc(Cl)cc1.CC(C)C(=O)Nc1ccc(O)cc1.CC(C)C(=O)Nc1ccc2c(c1)N=C(N)C2.CC(C)C(=O)Nc1cccc(C(N)=O)c1.CC(C)C(=O)Nc1cccc(Cl)c1.COc1ccc(NC(=O)C(C)C)cc1.COc1cccc(NC(=O)C(C)C)c1.Cc1ccc(NC(=O)C(C)C)cc1. The molecule has 9 aromatic carbocycles. The molecule has 10 rings (SSSR count). The van der Waals surface area contributed by atoms with E-state index in [2.05, 4.69) is 52.8 Å². The smallest absolute Gasteiger partial charge is 0.248 e. The summed E-state index contributed by atoms with van der Waals surface area (Å²) in [6.45, 7) is 35.2. The summed E-state index contributed by atoms with van der Waals surface area (Å²) in [7, 11) is 3.21. The Morgan fingerprint density at radius 1 is 0.317 bits per heavy atom. The minimum Gasteiger partial charge on any atom is -0.508 e. The second-order valence-electron chi connectivity index (χ2n) is 31.2. The van der Waals surface area contributed by atoms with Crippen LogP contribution in [0.5, 0.6) is 17.2 Å². The lowest BCUT2D eigenvalue weighted by Crippen LogP contribution is -2.18. The number of anilines is 9. The first-order valence-corrected chi connectivity index (χ1v) is 41.6. The number of nitrogens with one attached hydrogen (secondary N) is 9. The third-order valence-corrected chi connectivity index (χ3v) is 17.4. The normalized spacial score (nSPS) is 10.5. The number of nitrogens with two attached hydrogens (primary N) is 3. The van der Waals surface area contributed by atoms with Gasteiger partial charge in [-0.2, -0.15) is 0 Å². The molecule has 0 aliphatic carbocycles.